The molecule has 0 saturated carbocycles. The minimum Gasteiger partial charge on any atom is -0.496 e. The second-order valence-corrected chi connectivity index (χ2v) is 8.54. The summed E-state index contributed by atoms with van der Waals surface area (Å²) in [7, 11) is -2.00. The lowest BCUT2D eigenvalue weighted by Gasteiger charge is -2.39. The summed E-state index contributed by atoms with van der Waals surface area (Å²) in [5.74, 6) is 0.899. The number of hydrogen-bond acceptors (Lipinski definition) is 5. The van der Waals surface area contributed by atoms with Crippen molar-refractivity contribution in [2.75, 3.05) is 33.4 Å². The molecule has 134 valence electrons. The Morgan fingerprint density at radius 3 is 2.62 bits per heavy atom. The van der Waals surface area contributed by atoms with Crippen molar-refractivity contribution >= 4 is 10.0 Å². The van der Waals surface area contributed by atoms with Crippen LogP contribution in [0, 0.1) is 0 Å². The molecule has 0 bridgehead atoms. The van der Waals surface area contributed by atoms with Crippen molar-refractivity contribution in [3.05, 3.63) is 23.8 Å². The second-order valence-electron chi connectivity index (χ2n) is 6.68. The van der Waals surface area contributed by atoms with Crippen LogP contribution in [0.2, 0.25) is 0 Å². The van der Waals surface area contributed by atoms with Crippen molar-refractivity contribution in [1.29, 1.82) is 0 Å². The van der Waals surface area contributed by atoms with Crippen molar-refractivity contribution in [1.82, 2.24) is 9.62 Å². The molecule has 2 fully saturated rings. The van der Waals surface area contributed by atoms with Gasteiger partial charge in [0.05, 0.1) is 18.6 Å². The Morgan fingerprint density at radius 1 is 1.29 bits per heavy atom. The summed E-state index contributed by atoms with van der Waals surface area (Å²) >= 11 is 0. The molecule has 0 radical (unpaired) electrons. The van der Waals surface area contributed by atoms with Crippen LogP contribution in [0.4, 0.5) is 0 Å². The molecule has 0 aliphatic carbocycles. The maximum absolute atomic E-state index is 13.3. The summed E-state index contributed by atoms with van der Waals surface area (Å²) < 4.78 is 39.4. The zero-order valence-corrected chi connectivity index (χ0v) is 15.4. The quantitative estimate of drug-likeness (QED) is 0.895. The number of benzene rings is 1. The molecule has 1 aromatic carbocycles. The summed E-state index contributed by atoms with van der Waals surface area (Å²) in [4.78, 5) is 0.315. The number of methoxy groups -OCH3 is 1. The Labute approximate surface area is 144 Å². The number of ether oxygens (including phenoxy) is 2. The number of nitrogens with zero attached hydrogens (tertiary/aromatic N) is 1. The fourth-order valence-electron chi connectivity index (χ4n) is 3.60. The van der Waals surface area contributed by atoms with Gasteiger partial charge in [-0.2, -0.15) is 4.31 Å². The van der Waals surface area contributed by atoms with Crippen LogP contribution in [0.25, 0.3) is 0 Å². The van der Waals surface area contributed by atoms with Gasteiger partial charge in [0.25, 0.3) is 0 Å². The zero-order valence-electron chi connectivity index (χ0n) is 14.5. The van der Waals surface area contributed by atoms with Crippen molar-refractivity contribution < 1.29 is 17.9 Å². The van der Waals surface area contributed by atoms with Gasteiger partial charge in [0.2, 0.25) is 10.0 Å². The summed E-state index contributed by atoms with van der Waals surface area (Å²) in [6.45, 7) is 6.46. The van der Waals surface area contributed by atoms with E-state index in [2.05, 4.69) is 5.32 Å². The van der Waals surface area contributed by atoms with Crippen LogP contribution in [0.15, 0.2) is 23.1 Å². The van der Waals surface area contributed by atoms with Crippen LogP contribution < -0.4 is 10.1 Å². The highest BCUT2D eigenvalue weighted by Crippen LogP contribution is 2.38. The lowest BCUT2D eigenvalue weighted by molar-refractivity contribution is -0.0704. The molecule has 2 aliphatic rings. The average molecular weight is 354 g/mol. The van der Waals surface area contributed by atoms with E-state index in [1.165, 1.54) is 0 Å². The molecule has 0 aromatic heterocycles. The van der Waals surface area contributed by atoms with Crippen molar-refractivity contribution in [3.63, 3.8) is 0 Å². The first-order valence-electron chi connectivity index (χ1n) is 8.46. The first-order chi connectivity index (χ1) is 11.4. The van der Waals surface area contributed by atoms with Crippen LogP contribution in [0.5, 0.6) is 5.75 Å². The molecule has 1 N–H and O–H groups in total. The number of hydrogen-bond donors (Lipinski definition) is 1. The van der Waals surface area contributed by atoms with Gasteiger partial charge < -0.3 is 14.8 Å². The van der Waals surface area contributed by atoms with Gasteiger partial charge in [-0.1, -0.05) is 13.8 Å². The normalized spacial score (nSPS) is 21.5. The third kappa shape index (κ3) is 2.94. The minimum absolute atomic E-state index is 0.178. The van der Waals surface area contributed by atoms with Crippen LogP contribution in [0.3, 0.4) is 0 Å². The maximum Gasteiger partial charge on any atom is 0.245 e. The van der Waals surface area contributed by atoms with Crippen molar-refractivity contribution in [3.8, 4) is 5.75 Å². The van der Waals surface area contributed by atoms with Gasteiger partial charge in [-0.15, -0.1) is 0 Å². The lowest BCUT2D eigenvalue weighted by atomic mass is 10.0. The topological polar surface area (TPSA) is 67.9 Å². The van der Waals surface area contributed by atoms with Crippen LogP contribution in [0.1, 0.15) is 38.2 Å². The molecule has 7 heteroatoms. The molecule has 0 unspecified atom stereocenters. The molecule has 2 heterocycles. The molecular formula is C17H26N2O4S. The van der Waals surface area contributed by atoms with E-state index in [9.17, 15) is 8.42 Å². The highest BCUT2D eigenvalue weighted by atomic mass is 32.2. The number of rotatable bonds is 4. The molecular weight excluding hydrogens is 328 g/mol. The van der Waals surface area contributed by atoms with E-state index in [1.54, 1.807) is 29.6 Å². The average Bonchev–Trinajstić information content (AvgIpc) is 2.98. The first-order valence-corrected chi connectivity index (χ1v) is 9.90. The van der Waals surface area contributed by atoms with Gasteiger partial charge >= 0.3 is 0 Å². The summed E-state index contributed by atoms with van der Waals surface area (Å²) in [5.41, 5.74) is 0.209. The van der Waals surface area contributed by atoms with Gasteiger partial charge in [0.1, 0.15) is 11.5 Å². The zero-order chi connectivity index (χ0) is 17.4. The van der Waals surface area contributed by atoms with E-state index in [1.807, 2.05) is 13.8 Å². The van der Waals surface area contributed by atoms with E-state index < -0.39 is 15.7 Å². The first kappa shape index (κ1) is 17.7. The van der Waals surface area contributed by atoms with Gasteiger partial charge in [0, 0.05) is 19.4 Å². The van der Waals surface area contributed by atoms with Crippen molar-refractivity contribution in [2.45, 2.75) is 43.2 Å². The van der Waals surface area contributed by atoms with E-state index >= 15 is 0 Å². The summed E-state index contributed by atoms with van der Waals surface area (Å²) in [6.07, 6.45) is 1.36. The molecule has 0 amide bonds. The predicted octanol–water partition coefficient (Wildman–Crippen LogP) is 1.92. The number of nitrogens with one attached hydrogen (secondary N) is 1. The third-order valence-corrected chi connectivity index (χ3v) is 6.86. The molecule has 0 atom stereocenters. The Morgan fingerprint density at radius 2 is 2.00 bits per heavy atom. The largest absolute Gasteiger partial charge is 0.496 e. The molecule has 6 nitrogen and oxygen atoms in total. The fraction of sp³-hybridized carbons (Fsp3) is 0.647. The van der Waals surface area contributed by atoms with Gasteiger partial charge in [-0.25, -0.2) is 8.42 Å². The molecule has 1 aromatic rings. The monoisotopic (exact) mass is 354 g/mol. The van der Waals surface area contributed by atoms with Gasteiger partial charge in [-0.3, -0.25) is 0 Å². The van der Waals surface area contributed by atoms with Gasteiger partial charge in [0.15, 0.2) is 0 Å². The Hall–Kier alpha value is -1.15. The van der Waals surface area contributed by atoms with Gasteiger partial charge in [-0.05, 0) is 42.8 Å². The predicted molar refractivity (Wildman–Crippen MR) is 91.8 cm³/mol. The molecule has 2 aliphatic heterocycles. The fourth-order valence-corrected chi connectivity index (χ4v) is 5.35. The van der Waals surface area contributed by atoms with Crippen LogP contribution >= 0.6 is 0 Å². The Bertz CT molecular complexity index is 697. The van der Waals surface area contributed by atoms with E-state index in [4.69, 9.17) is 9.47 Å². The number of piperidine rings is 1. The number of sulfonamides is 1. The van der Waals surface area contributed by atoms with Crippen LogP contribution in [-0.4, -0.2) is 51.8 Å². The lowest BCUT2D eigenvalue weighted by Crippen LogP contribution is -2.53. The van der Waals surface area contributed by atoms with E-state index in [0.717, 1.165) is 24.4 Å². The SMILES string of the molecule is COc1ccc(S(=O)(=O)N2CCOC23CCNCC3)cc1C(C)C. The second kappa shape index (κ2) is 6.63. The summed E-state index contributed by atoms with van der Waals surface area (Å²) in [5, 5.41) is 3.27. The van der Waals surface area contributed by atoms with Crippen LogP contribution in [-0.2, 0) is 14.8 Å². The van der Waals surface area contributed by atoms with E-state index in [0.29, 0.717) is 30.9 Å². The smallest absolute Gasteiger partial charge is 0.245 e. The van der Waals surface area contributed by atoms with E-state index in [-0.39, 0.29) is 5.92 Å². The third-order valence-electron chi connectivity index (χ3n) is 4.92. The highest BCUT2D eigenvalue weighted by molar-refractivity contribution is 7.89. The Balaban J connectivity index is 2.00. The molecule has 1 spiro atoms. The standard InChI is InChI=1S/C17H26N2O4S/c1-13(2)15-12-14(4-5-16(15)22-3)24(20,21)19-10-11-23-17(19)6-8-18-9-7-17/h4-5,12-13,18H,6-11H2,1-3H3. The highest BCUT2D eigenvalue weighted by Gasteiger charge is 2.49. The van der Waals surface area contributed by atoms with Crippen molar-refractivity contribution in [2.24, 2.45) is 0 Å². The molecule has 3 rings (SSSR count). The maximum atomic E-state index is 13.3. The Kier molecular flexibility index (Phi) is 4.88. The molecule has 24 heavy (non-hydrogen) atoms. The molecule has 2 saturated heterocycles. The summed E-state index contributed by atoms with van der Waals surface area (Å²) in [6, 6.07) is 5.12. The minimum atomic E-state index is -3.60.